The first kappa shape index (κ1) is 15.2. The van der Waals surface area contributed by atoms with Crippen molar-refractivity contribution in [2.24, 2.45) is 0 Å². The number of aromatic nitrogens is 2. The summed E-state index contributed by atoms with van der Waals surface area (Å²) in [5.41, 5.74) is 0.988. The van der Waals surface area contributed by atoms with Gasteiger partial charge in [0.05, 0.1) is 18.0 Å². The van der Waals surface area contributed by atoms with Gasteiger partial charge in [-0.15, -0.1) is 0 Å². The van der Waals surface area contributed by atoms with Crippen LogP contribution in [0.4, 0.5) is 5.82 Å². The second-order valence-electron chi connectivity index (χ2n) is 5.58. The second kappa shape index (κ2) is 7.55. The molecule has 1 aliphatic rings. The number of hydrogen-bond donors (Lipinski definition) is 1. The van der Waals surface area contributed by atoms with Crippen LogP contribution in [0.15, 0.2) is 12.4 Å². The summed E-state index contributed by atoms with van der Waals surface area (Å²) in [7, 11) is 0. The van der Waals surface area contributed by atoms with E-state index in [4.69, 9.17) is 9.72 Å². The summed E-state index contributed by atoms with van der Waals surface area (Å²) >= 11 is 0. The van der Waals surface area contributed by atoms with E-state index in [1.807, 2.05) is 12.4 Å². The number of nitrogens with zero attached hydrogens (tertiary/aromatic N) is 3. The van der Waals surface area contributed by atoms with Crippen molar-refractivity contribution >= 4 is 5.82 Å². The molecule has 20 heavy (non-hydrogen) atoms. The maximum absolute atomic E-state index is 5.71. The van der Waals surface area contributed by atoms with Crippen LogP contribution in [-0.2, 0) is 11.3 Å². The van der Waals surface area contributed by atoms with Crippen molar-refractivity contribution < 1.29 is 4.74 Å². The molecule has 2 heterocycles. The van der Waals surface area contributed by atoms with Gasteiger partial charge in [0.1, 0.15) is 5.82 Å². The molecule has 5 heteroatoms. The SMILES string of the molecule is CCN(CC1CCCO1)c1cncc(CNC(C)C)n1. The Hall–Kier alpha value is -1.20. The zero-order valence-electron chi connectivity index (χ0n) is 12.8. The summed E-state index contributed by atoms with van der Waals surface area (Å²) in [4.78, 5) is 11.3. The first-order valence-corrected chi connectivity index (χ1v) is 7.60. The van der Waals surface area contributed by atoms with Gasteiger partial charge >= 0.3 is 0 Å². The largest absolute Gasteiger partial charge is 0.376 e. The Balaban J connectivity index is 1.99. The Morgan fingerprint density at radius 1 is 1.45 bits per heavy atom. The standard InChI is InChI=1S/C15H26N4O/c1-4-19(11-14-6-5-7-20-14)15-10-16-8-13(18-15)9-17-12(2)3/h8,10,12,14,17H,4-7,9,11H2,1-3H3. The highest BCUT2D eigenvalue weighted by atomic mass is 16.5. The Morgan fingerprint density at radius 3 is 2.95 bits per heavy atom. The summed E-state index contributed by atoms with van der Waals surface area (Å²) in [5, 5.41) is 3.37. The molecule has 5 nitrogen and oxygen atoms in total. The molecule has 0 aliphatic carbocycles. The Morgan fingerprint density at radius 2 is 2.30 bits per heavy atom. The molecular weight excluding hydrogens is 252 g/mol. The van der Waals surface area contributed by atoms with Crippen LogP contribution in [-0.4, -0.2) is 41.8 Å². The minimum Gasteiger partial charge on any atom is -0.376 e. The molecule has 2 rings (SSSR count). The average Bonchev–Trinajstić information content (AvgIpc) is 2.96. The van der Waals surface area contributed by atoms with Crippen LogP contribution in [0.2, 0.25) is 0 Å². The van der Waals surface area contributed by atoms with Gasteiger partial charge in [0.2, 0.25) is 0 Å². The zero-order chi connectivity index (χ0) is 14.4. The van der Waals surface area contributed by atoms with Gasteiger partial charge in [-0.3, -0.25) is 4.98 Å². The Kier molecular flexibility index (Phi) is 5.73. The zero-order valence-corrected chi connectivity index (χ0v) is 12.8. The molecule has 0 aromatic carbocycles. The minimum atomic E-state index is 0.342. The van der Waals surface area contributed by atoms with Gasteiger partial charge in [0.25, 0.3) is 0 Å². The van der Waals surface area contributed by atoms with Crippen LogP contribution >= 0.6 is 0 Å². The Labute approximate surface area is 121 Å². The third kappa shape index (κ3) is 4.42. The molecule has 1 N–H and O–H groups in total. The van der Waals surface area contributed by atoms with Crippen LogP contribution in [0.3, 0.4) is 0 Å². The maximum Gasteiger partial charge on any atom is 0.147 e. The number of nitrogens with one attached hydrogen (secondary N) is 1. The van der Waals surface area contributed by atoms with E-state index in [1.165, 1.54) is 6.42 Å². The molecule has 0 amide bonds. The Bertz CT molecular complexity index is 405. The molecule has 1 fully saturated rings. The third-order valence-corrected chi connectivity index (χ3v) is 3.52. The molecular formula is C15H26N4O. The number of likely N-dealkylation sites (N-methyl/N-ethyl adjacent to an activating group) is 1. The van der Waals surface area contributed by atoms with E-state index in [0.29, 0.717) is 12.1 Å². The molecule has 0 radical (unpaired) electrons. The van der Waals surface area contributed by atoms with Crippen LogP contribution in [0.1, 0.15) is 39.3 Å². The second-order valence-corrected chi connectivity index (χ2v) is 5.58. The molecule has 1 unspecified atom stereocenters. The fraction of sp³-hybridized carbons (Fsp3) is 0.733. The predicted octanol–water partition coefficient (Wildman–Crippen LogP) is 1.98. The van der Waals surface area contributed by atoms with Crippen molar-refractivity contribution in [3.8, 4) is 0 Å². The van der Waals surface area contributed by atoms with Crippen LogP contribution in [0.25, 0.3) is 0 Å². The van der Waals surface area contributed by atoms with Gasteiger partial charge in [-0.25, -0.2) is 4.98 Å². The van der Waals surface area contributed by atoms with E-state index in [1.54, 1.807) is 0 Å². The third-order valence-electron chi connectivity index (χ3n) is 3.52. The lowest BCUT2D eigenvalue weighted by atomic mass is 10.2. The lowest BCUT2D eigenvalue weighted by molar-refractivity contribution is 0.115. The maximum atomic E-state index is 5.71. The van der Waals surface area contributed by atoms with Crippen molar-refractivity contribution in [1.29, 1.82) is 0 Å². The van der Waals surface area contributed by atoms with E-state index in [2.05, 4.69) is 36.0 Å². The molecule has 1 atom stereocenters. The molecule has 1 aliphatic heterocycles. The predicted molar refractivity (Wildman–Crippen MR) is 80.9 cm³/mol. The molecule has 0 saturated carbocycles. The first-order chi connectivity index (χ1) is 9.69. The van der Waals surface area contributed by atoms with E-state index < -0.39 is 0 Å². The molecule has 0 spiro atoms. The van der Waals surface area contributed by atoms with Crippen LogP contribution in [0.5, 0.6) is 0 Å². The molecule has 112 valence electrons. The first-order valence-electron chi connectivity index (χ1n) is 7.60. The van der Waals surface area contributed by atoms with Crippen LogP contribution in [0, 0.1) is 0 Å². The topological polar surface area (TPSA) is 50.3 Å². The van der Waals surface area contributed by atoms with Gasteiger partial charge in [0.15, 0.2) is 0 Å². The van der Waals surface area contributed by atoms with Gasteiger partial charge < -0.3 is 15.0 Å². The summed E-state index contributed by atoms with van der Waals surface area (Å²) < 4.78 is 5.71. The van der Waals surface area contributed by atoms with Gasteiger partial charge in [-0.1, -0.05) is 13.8 Å². The highest BCUT2D eigenvalue weighted by Gasteiger charge is 2.19. The molecule has 0 bridgehead atoms. The summed E-state index contributed by atoms with van der Waals surface area (Å²) in [6.07, 6.45) is 6.34. The average molecular weight is 278 g/mol. The number of anilines is 1. The lowest BCUT2D eigenvalue weighted by Gasteiger charge is -2.25. The van der Waals surface area contributed by atoms with E-state index in [0.717, 1.165) is 44.2 Å². The lowest BCUT2D eigenvalue weighted by Crippen LogP contribution is -2.33. The van der Waals surface area contributed by atoms with Crippen LogP contribution < -0.4 is 10.2 Å². The normalized spacial score (nSPS) is 18.7. The fourth-order valence-electron chi connectivity index (χ4n) is 2.36. The summed E-state index contributed by atoms with van der Waals surface area (Å²) in [6.45, 7) is 9.90. The van der Waals surface area contributed by atoms with Gasteiger partial charge in [-0.2, -0.15) is 0 Å². The monoisotopic (exact) mass is 278 g/mol. The minimum absolute atomic E-state index is 0.342. The van der Waals surface area contributed by atoms with Gasteiger partial charge in [-0.05, 0) is 19.8 Å². The number of rotatable bonds is 7. The summed E-state index contributed by atoms with van der Waals surface area (Å²) in [6, 6.07) is 0.453. The highest BCUT2D eigenvalue weighted by molar-refractivity contribution is 5.36. The summed E-state index contributed by atoms with van der Waals surface area (Å²) in [5.74, 6) is 0.950. The fourth-order valence-corrected chi connectivity index (χ4v) is 2.36. The van der Waals surface area contributed by atoms with Crippen molar-refractivity contribution in [3.05, 3.63) is 18.1 Å². The van der Waals surface area contributed by atoms with Gasteiger partial charge in [0, 0.05) is 38.5 Å². The van der Waals surface area contributed by atoms with Crippen molar-refractivity contribution in [2.75, 3.05) is 24.6 Å². The molecule has 1 saturated heterocycles. The van der Waals surface area contributed by atoms with E-state index in [9.17, 15) is 0 Å². The van der Waals surface area contributed by atoms with Crippen molar-refractivity contribution in [3.63, 3.8) is 0 Å². The number of ether oxygens (including phenoxy) is 1. The van der Waals surface area contributed by atoms with E-state index in [-0.39, 0.29) is 0 Å². The quantitative estimate of drug-likeness (QED) is 0.826. The van der Waals surface area contributed by atoms with Crippen molar-refractivity contribution in [1.82, 2.24) is 15.3 Å². The van der Waals surface area contributed by atoms with Crippen molar-refractivity contribution in [2.45, 2.75) is 52.3 Å². The smallest absolute Gasteiger partial charge is 0.147 e. The molecule has 1 aromatic heterocycles. The highest BCUT2D eigenvalue weighted by Crippen LogP contribution is 2.17. The number of hydrogen-bond acceptors (Lipinski definition) is 5. The van der Waals surface area contributed by atoms with E-state index >= 15 is 0 Å². The molecule has 1 aromatic rings.